The van der Waals surface area contributed by atoms with Gasteiger partial charge in [-0.05, 0) is 0 Å². The Morgan fingerprint density at radius 1 is 0.947 bits per heavy atom. The minimum Gasteiger partial charge on any atom is -0.456 e. The fraction of sp³-hybridized carbons (Fsp3) is 0.727. The van der Waals surface area contributed by atoms with E-state index in [9.17, 15) is 14.4 Å². The molecule has 0 N–H and O–H groups in total. The predicted molar refractivity (Wildman–Crippen MR) is 65.4 cm³/mol. The lowest BCUT2D eigenvalue weighted by atomic mass is 10.1. The molecule has 0 aromatic heterocycles. The molecule has 0 aromatic rings. The number of hydrogen-bond acceptors (Lipinski definition) is 8. The molecule has 1 heterocycles. The molecule has 1 unspecified atom stereocenters. The van der Waals surface area contributed by atoms with Gasteiger partial charge in [0, 0.05) is 20.8 Å². The smallest absolute Gasteiger partial charge is 0.303 e. The topological polar surface area (TPSA) is 88.1 Å². The van der Waals surface area contributed by atoms with Crippen LogP contribution in [-0.2, 0) is 33.3 Å². The lowest BCUT2D eigenvalue weighted by Gasteiger charge is -2.38. The van der Waals surface area contributed by atoms with Crippen LogP contribution in [0.3, 0.4) is 0 Å². The number of esters is 3. The summed E-state index contributed by atoms with van der Waals surface area (Å²) in [5, 5.41) is 0. The summed E-state index contributed by atoms with van der Waals surface area (Å²) in [6.07, 6.45) is -2.72. The maximum Gasteiger partial charge on any atom is 0.303 e. The van der Waals surface area contributed by atoms with E-state index in [2.05, 4.69) is 12.6 Å². The van der Waals surface area contributed by atoms with Crippen molar-refractivity contribution in [1.29, 1.82) is 0 Å². The number of rotatable bonds is 3. The number of carbonyl (C=O) groups is 3. The van der Waals surface area contributed by atoms with Gasteiger partial charge in [0.1, 0.15) is 5.44 Å². The van der Waals surface area contributed by atoms with Crippen LogP contribution in [0.2, 0.25) is 0 Å². The third-order valence-corrected chi connectivity index (χ3v) is 2.77. The van der Waals surface area contributed by atoms with Crippen molar-refractivity contribution in [1.82, 2.24) is 0 Å². The third-order valence-electron chi connectivity index (χ3n) is 2.32. The second kappa shape index (κ2) is 6.76. The second-order valence-electron chi connectivity index (χ2n) is 4.02. The molecule has 0 radical (unpaired) electrons. The summed E-state index contributed by atoms with van der Waals surface area (Å²) in [6, 6.07) is 0. The molecule has 1 rings (SSSR count). The van der Waals surface area contributed by atoms with Crippen molar-refractivity contribution in [3.63, 3.8) is 0 Å². The molecule has 1 aliphatic rings. The first kappa shape index (κ1) is 15.8. The van der Waals surface area contributed by atoms with E-state index in [1.54, 1.807) is 0 Å². The van der Waals surface area contributed by atoms with Crippen molar-refractivity contribution in [3.05, 3.63) is 0 Å². The fourth-order valence-electron chi connectivity index (χ4n) is 1.72. The summed E-state index contributed by atoms with van der Waals surface area (Å²) < 4.78 is 20.3. The highest BCUT2D eigenvalue weighted by Gasteiger charge is 2.45. The Balaban J connectivity index is 2.89. The number of ether oxygens (including phenoxy) is 4. The predicted octanol–water partition coefficient (Wildman–Crippen LogP) is 0.0676. The van der Waals surface area contributed by atoms with Gasteiger partial charge in [0.25, 0.3) is 0 Å². The van der Waals surface area contributed by atoms with Gasteiger partial charge in [0.2, 0.25) is 0 Å². The molecule has 4 atom stereocenters. The van der Waals surface area contributed by atoms with Gasteiger partial charge < -0.3 is 18.9 Å². The molecule has 8 heteroatoms. The van der Waals surface area contributed by atoms with Gasteiger partial charge in [0.05, 0.1) is 6.61 Å². The molecule has 0 saturated carbocycles. The Morgan fingerprint density at radius 2 is 1.42 bits per heavy atom. The van der Waals surface area contributed by atoms with E-state index in [4.69, 9.17) is 18.9 Å². The van der Waals surface area contributed by atoms with Crippen molar-refractivity contribution in [2.24, 2.45) is 0 Å². The first-order chi connectivity index (χ1) is 8.81. The van der Waals surface area contributed by atoms with Crippen molar-refractivity contribution >= 4 is 30.5 Å². The summed E-state index contributed by atoms with van der Waals surface area (Å²) in [5.74, 6) is -1.71. The Labute approximate surface area is 115 Å². The van der Waals surface area contributed by atoms with E-state index in [1.807, 2.05) is 0 Å². The monoisotopic (exact) mass is 292 g/mol. The van der Waals surface area contributed by atoms with E-state index in [-0.39, 0.29) is 6.61 Å². The summed E-state index contributed by atoms with van der Waals surface area (Å²) in [7, 11) is 0. The normalized spacial score (nSPS) is 30.3. The second-order valence-corrected chi connectivity index (χ2v) is 4.53. The maximum absolute atomic E-state index is 11.1. The molecule has 1 fully saturated rings. The lowest BCUT2D eigenvalue weighted by molar-refractivity contribution is -0.213. The SMILES string of the molecule is CC(=O)O[C@H]1[C@@H](OC(C)=O)COC(S)[C@H]1OC(C)=O. The summed E-state index contributed by atoms with van der Waals surface area (Å²) in [4.78, 5) is 33.2. The van der Waals surface area contributed by atoms with Gasteiger partial charge in [-0.15, -0.1) is 12.6 Å². The quantitative estimate of drug-likeness (QED) is 0.447. The van der Waals surface area contributed by atoms with Crippen LogP contribution in [0.4, 0.5) is 0 Å². The summed E-state index contributed by atoms with van der Waals surface area (Å²) >= 11 is 4.11. The van der Waals surface area contributed by atoms with E-state index in [0.717, 1.165) is 0 Å². The van der Waals surface area contributed by atoms with Crippen LogP contribution >= 0.6 is 12.6 Å². The Kier molecular flexibility index (Phi) is 5.61. The average Bonchev–Trinajstić information content (AvgIpc) is 2.25. The minimum atomic E-state index is -0.943. The molecular weight excluding hydrogens is 276 g/mol. The van der Waals surface area contributed by atoms with Crippen LogP contribution in [0, 0.1) is 0 Å². The molecule has 7 nitrogen and oxygen atoms in total. The van der Waals surface area contributed by atoms with E-state index < -0.39 is 41.7 Å². The van der Waals surface area contributed by atoms with Crippen molar-refractivity contribution < 1.29 is 33.3 Å². The van der Waals surface area contributed by atoms with Crippen molar-refractivity contribution in [2.75, 3.05) is 6.61 Å². The molecule has 19 heavy (non-hydrogen) atoms. The van der Waals surface area contributed by atoms with Gasteiger partial charge in [0.15, 0.2) is 18.3 Å². The molecular formula is C11H16O7S. The van der Waals surface area contributed by atoms with Gasteiger partial charge >= 0.3 is 17.9 Å². The van der Waals surface area contributed by atoms with E-state index >= 15 is 0 Å². The van der Waals surface area contributed by atoms with Crippen LogP contribution in [0.1, 0.15) is 20.8 Å². The van der Waals surface area contributed by atoms with Crippen LogP contribution in [0.15, 0.2) is 0 Å². The van der Waals surface area contributed by atoms with Gasteiger partial charge in [-0.25, -0.2) is 0 Å². The zero-order valence-corrected chi connectivity index (χ0v) is 11.7. The van der Waals surface area contributed by atoms with Crippen LogP contribution in [0.25, 0.3) is 0 Å². The average molecular weight is 292 g/mol. The maximum atomic E-state index is 11.1. The van der Waals surface area contributed by atoms with E-state index in [0.29, 0.717) is 0 Å². The lowest BCUT2D eigenvalue weighted by Crippen LogP contribution is -2.55. The van der Waals surface area contributed by atoms with Gasteiger partial charge in [-0.2, -0.15) is 0 Å². The standard InChI is InChI=1S/C11H16O7S/c1-5(12)16-8-4-15-11(19)10(18-7(3)14)9(8)17-6(2)13/h8-11,19H,4H2,1-3H3/t8-,9-,10-,11?/m0/s1. The Hall–Kier alpha value is -1.28. The highest BCUT2D eigenvalue weighted by atomic mass is 32.1. The first-order valence-electron chi connectivity index (χ1n) is 5.62. The number of thiol groups is 1. The van der Waals surface area contributed by atoms with E-state index in [1.165, 1.54) is 20.8 Å². The van der Waals surface area contributed by atoms with Crippen molar-refractivity contribution in [3.8, 4) is 0 Å². The van der Waals surface area contributed by atoms with Crippen LogP contribution < -0.4 is 0 Å². The zero-order chi connectivity index (χ0) is 14.6. The molecule has 108 valence electrons. The molecule has 0 amide bonds. The van der Waals surface area contributed by atoms with Crippen LogP contribution in [-0.4, -0.2) is 48.3 Å². The molecule has 1 saturated heterocycles. The summed E-state index contributed by atoms with van der Waals surface area (Å²) in [5.41, 5.74) is -0.764. The molecule has 1 aliphatic heterocycles. The molecule has 0 aromatic carbocycles. The van der Waals surface area contributed by atoms with Gasteiger partial charge in [-0.1, -0.05) is 0 Å². The van der Waals surface area contributed by atoms with Gasteiger partial charge in [-0.3, -0.25) is 14.4 Å². The van der Waals surface area contributed by atoms with Crippen molar-refractivity contribution in [2.45, 2.75) is 44.5 Å². The zero-order valence-electron chi connectivity index (χ0n) is 10.8. The number of hydrogen-bond donors (Lipinski definition) is 1. The van der Waals surface area contributed by atoms with Crippen LogP contribution in [0.5, 0.6) is 0 Å². The highest BCUT2D eigenvalue weighted by molar-refractivity contribution is 7.80. The third kappa shape index (κ3) is 4.71. The molecule has 0 bridgehead atoms. The Morgan fingerprint density at radius 3 is 1.89 bits per heavy atom. The molecule has 0 spiro atoms. The minimum absolute atomic E-state index is 0.00343. The highest BCUT2D eigenvalue weighted by Crippen LogP contribution is 2.26. The first-order valence-corrected chi connectivity index (χ1v) is 6.14. The number of carbonyl (C=O) groups excluding carboxylic acids is 3. The molecule has 0 aliphatic carbocycles. The Bertz CT molecular complexity index is 370. The summed E-state index contributed by atoms with van der Waals surface area (Å²) in [6.45, 7) is 3.64. The fourth-order valence-corrected chi connectivity index (χ4v) is 2.04. The largest absolute Gasteiger partial charge is 0.456 e.